The van der Waals surface area contributed by atoms with E-state index in [9.17, 15) is 14.4 Å². The van der Waals surface area contributed by atoms with Crippen LogP contribution < -0.4 is 0 Å². The van der Waals surface area contributed by atoms with Crippen molar-refractivity contribution in [3.05, 3.63) is 47.3 Å². The highest BCUT2D eigenvalue weighted by Gasteiger charge is 2.09. The van der Waals surface area contributed by atoms with Gasteiger partial charge < -0.3 is 33.8 Å². The van der Waals surface area contributed by atoms with Crippen molar-refractivity contribution >= 4 is 17.9 Å². The smallest absolute Gasteiger partial charge is 0.371 e. The van der Waals surface area contributed by atoms with E-state index in [0.717, 1.165) is 0 Å². The summed E-state index contributed by atoms with van der Waals surface area (Å²) < 4.78 is 14.1. The first-order chi connectivity index (χ1) is 14.2. The predicted molar refractivity (Wildman–Crippen MR) is 106 cm³/mol. The molecule has 0 spiro atoms. The number of ether oxygens (including phenoxy) is 1. The number of carboxylic acid groups (broad SMARTS) is 2. The van der Waals surface area contributed by atoms with E-state index in [4.69, 9.17) is 19.7 Å². The normalized spacial score (nSPS) is 9.80. The van der Waals surface area contributed by atoms with Crippen LogP contribution in [0.25, 0.3) is 0 Å². The second kappa shape index (κ2) is 14.8. The van der Waals surface area contributed by atoms with Crippen molar-refractivity contribution in [3.63, 3.8) is 0 Å². The number of hydrogen-bond acceptors (Lipinski definition) is 8. The summed E-state index contributed by atoms with van der Waals surface area (Å²) in [6.07, 6.45) is 0. The van der Waals surface area contributed by atoms with Gasteiger partial charge >= 0.3 is 17.9 Å². The Morgan fingerprint density at radius 3 is 1.57 bits per heavy atom. The van der Waals surface area contributed by atoms with Gasteiger partial charge in [0.1, 0.15) is 24.7 Å². The minimum Gasteiger partial charge on any atom is -0.475 e. The molecule has 3 N–H and O–H groups in total. The van der Waals surface area contributed by atoms with E-state index < -0.39 is 17.9 Å². The van der Waals surface area contributed by atoms with Gasteiger partial charge in [-0.2, -0.15) is 0 Å². The molecule has 2 aromatic rings. The van der Waals surface area contributed by atoms with E-state index in [1.807, 2.05) is 0 Å². The van der Waals surface area contributed by atoms with Crippen LogP contribution >= 0.6 is 0 Å². The van der Waals surface area contributed by atoms with Gasteiger partial charge in [0.15, 0.2) is 0 Å². The van der Waals surface area contributed by atoms with Crippen LogP contribution in [0.1, 0.15) is 60.3 Å². The summed E-state index contributed by atoms with van der Waals surface area (Å²) in [6, 6.07) is 5.48. The Labute approximate surface area is 174 Å². The number of rotatable bonds is 8. The first-order valence-electron chi connectivity index (χ1n) is 9.28. The molecule has 0 fully saturated rings. The Bertz CT molecular complexity index is 769. The van der Waals surface area contributed by atoms with Crippen molar-refractivity contribution < 1.29 is 43.3 Å². The van der Waals surface area contributed by atoms with Crippen molar-refractivity contribution in [2.45, 2.75) is 40.9 Å². The Hall–Kier alpha value is -3.11. The monoisotopic (exact) mass is 427 g/mol. The highest BCUT2D eigenvalue weighted by Crippen LogP contribution is 2.09. The maximum atomic E-state index is 10.4. The van der Waals surface area contributed by atoms with Crippen molar-refractivity contribution in [1.29, 1.82) is 0 Å². The molecule has 30 heavy (non-hydrogen) atoms. The van der Waals surface area contributed by atoms with E-state index in [2.05, 4.69) is 34.8 Å². The number of nitrogens with zero attached hydrogens (tertiary/aromatic N) is 1. The van der Waals surface area contributed by atoms with Crippen LogP contribution in [0, 0.1) is 0 Å². The Morgan fingerprint density at radius 1 is 0.867 bits per heavy atom. The van der Waals surface area contributed by atoms with Gasteiger partial charge in [-0.05, 0) is 43.9 Å². The number of esters is 1. The van der Waals surface area contributed by atoms with Crippen LogP contribution in [0.15, 0.2) is 33.1 Å². The molecule has 0 aromatic carbocycles. The van der Waals surface area contributed by atoms with Gasteiger partial charge in [-0.3, -0.25) is 4.79 Å². The van der Waals surface area contributed by atoms with Crippen molar-refractivity contribution in [2.75, 3.05) is 19.6 Å². The summed E-state index contributed by atoms with van der Waals surface area (Å²) in [5.74, 6) is -2.45. The molecule has 0 saturated carbocycles. The summed E-state index contributed by atoms with van der Waals surface area (Å²) in [5, 5.41) is 25.2. The van der Waals surface area contributed by atoms with Crippen LogP contribution in [0.5, 0.6) is 0 Å². The van der Waals surface area contributed by atoms with Crippen molar-refractivity contribution in [3.8, 4) is 0 Å². The third-order valence-corrected chi connectivity index (χ3v) is 3.66. The minimum absolute atomic E-state index is 0.0391. The number of aliphatic hydroxyl groups is 1. The Morgan fingerprint density at radius 2 is 1.30 bits per heavy atom. The number of carboxylic acids is 2. The maximum Gasteiger partial charge on any atom is 0.371 e. The molecule has 2 heterocycles. The predicted octanol–water partition coefficient (Wildman–Crippen LogP) is 2.86. The summed E-state index contributed by atoms with van der Waals surface area (Å²) in [4.78, 5) is 33.3. The van der Waals surface area contributed by atoms with Gasteiger partial charge in [-0.15, -0.1) is 0 Å². The molecule has 2 rings (SSSR count). The molecular weight excluding hydrogens is 398 g/mol. The zero-order valence-electron chi connectivity index (χ0n) is 17.6. The molecule has 0 amide bonds. The van der Waals surface area contributed by atoms with Crippen LogP contribution in [-0.2, 0) is 22.7 Å². The molecular formula is C20H29NO9. The van der Waals surface area contributed by atoms with Crippen LogP contribution in [0.3, 0.4) is 0 Å². The van der Waals surface area contributed by atoms with Crippen molar-refractivity contribution in [1.82, 2.24) is 4.90 Å². The number of aliphatic hydroxyl groups excluding tert-OH is 1. The largest absolute Gasteiger partial charge is 0.475 e. The molecule has 0 radical (unpaired) electrons. The Balaban J connectivity index is 0.000000442. The lowest BCUT2D eigenvalue weighted by atomic mass is 10.4. The zero-order chi connectivity index (χ0) is 23.1. The van der Waals surface area contributed by atoms with Gasteiger partial charge in [0, 0.05) is 6.92 Å². The van der Waals surface area contributed by atoms with Gasteiger partial charge in [0.2, 0.25) is 11.5 Å². The molecule has 0 saturated heterocycles. The van der Waals surface area contributed by atoms with Crippen LogP contribution in [-0.4, -0.2) is 57.8 Å². The fourth-order valence-electron chi connectivity index (χ4n) is 1.99. The van der Waals surface area contributed by atoms with Gasteiger partial charge in [-0.25, -0.2) is 9.59 Å². The second-order valence-electron chi connectivity index (χ2n) is 5.70. The lowest BCUT2D eigenvalue weighted by molar-refractivity contribution is -0.142. The number of carbonyl (C=O) groups is 3. The number of hydrogen-bond donors (Lipinski definition) is 3. The zero-order valence-corrected chi connectivity index (χ0v) is 17.6. The third kappa shape index (κ3) is 11.0. The van der Waals surface area contributed by atoms with Crippen molar-refractivity contribution in [2.24, 2.45) is 0 Å². The summed E-state index contributed by atoms with van der Waals surface area (Å²) in [7, 11) is 0. The second-order valence-corrected chi connectivity index (χ2v) is 5.70. The standard InChI is InChI=1S/C8H8O5.C6H15N.C6H6O4/c1-5(9)12-4-6-2-3-7(13-6)8(10)11;1-4-7(5-2)6-3;7-3-4-1-2-5(10-4)6(8)9/h2-3H,4H2,1H3,(H,10,11);4-6H2,1-3H3;1-2,7H,3H2,(H,8,9). The van der Waals surface area contributed by atoms with E-state index in [-0.39, 0.29) is 30.5 Å². The quantitative estimate of drug-likeness (QED) is 0.536. The van der Waals surface area contributed by atoms with Gasteiger partial charge in [0.25, 0.3) is 0 Å². The number of carbonyl (C=O) groups excluding carboxylic acids is 1. The van der Waals surface area contributed by atoms with Gasteiger partial charge in [0.05, 0.1) is 0 Å². The summed E-state index contributed by atoms with van der Waals surface area (Å²) in [5.41, 5.74) is 0. The maximum absolute atomic E-state index is 10.4. The lowest BCUT2D eigenvalue weighted by Gasteiger charge is -2.13. The molecule has 0 aliphatic heterocycles. The van der Waals surface area contributed by atoms with Crippen LogP contribution in [0.2, 0.25) is 0 Å². The topological polar surface area (TPSA) is 151 Å². The van der Waals surface area contributed by atoms with E-state index in [1.165, 1.54) is 50.8 Å². The fraction of sp³-hybridized carbons (Fsp3) is 0.450. The Kier molecular flexibility index (Phi) is 13.3. The van der Waals surface area contributed by atoms with E-state index in [1.54, 1.807) is 0 Å². The summed E-state index contributed by atoms with van der Waals surface area (Å²) in [6.45, 7) is 11.1. The average Bonchev–Trinajstić information content (AvgIpc) is 3.38. The fourth-order valence-corrected chi connectivity index (χ4v) is 1.99. The molecule has 0 unspecified atom stereocenters. The van der Waals surface area contributed by atoms with Gasteiger partial charge in [-0.1, -0.05) is 20.8 Å². The molecule has 2 aromatic heterocycles. The SMILES string of the molecule is CC(=O)OCc1ccc(C(=O)O)o1.CCN(CC)CC.O=C(O)c1ccc(CO)o1. The molecule has 168 valence electrons. The van der Waals surface area contributed by atoms with Crippen LogP contribution in [0.4, 0.5) is 0 Å². The number of aromatic carboxylic acids is 2. The van der Waals surface area contributed by atoms with E-state index >= 15 is 0 Å². The minimum atomic E-state index is -1.14. The first kappa shape index (κ1) is 26.9. The molecule has 0 bridgehead atoms. The third-order valence-electron chi connectivity index (χ3n) is 3.66. The lowest BCUT2D eigenvalue weighted by Crippen LogP contribution is -2.21. The molecule has 0 atom stereocenters. The highest BCUT2D eigenvalue weighted by molar-refractivity contribution is 5.84. The highest BCUT2D eigenvalue weighted by atomic mass is 16.5. The average molecular weight is 427 g/mol. The molecule has 10 nitrogen and oxygen atoms in total. The van der Waals surface area contributed by atoms with E-state index in [0.29, 0.717) is 5.76 Å². The number of furan rings is 2. The molecule has 0 aliphatic rings. The first-order valence-corrected chi connectivity index (χ1v) is 9.28. The summed E-state index contributed by atoms with van der Waals surface area (Å²) >= 11 is 0. The molecule has 0 aliphatic carbocycles. The molecule has 10 heteroatoms.